The molecule has 4 nitrogen and oxygen atoms in total. The number of ether oxygens (including phenoxy) is 1. The molecule has 0 saturated heterocycles. The lowest BCUT2D eigenvalue weighted by Crippen LogP contribution is -2.15. The fraction of sp³-hybridized carbons (Fsp3) is 0.136. The van der Waals surface area contributed by atoms with E-state index in [1.807, 2.05) is 55.5 Å². The van der Waals surface area contributed by atoms with Gasteiger partial charge in [0.1, 0.15) is 5.75 Å². The fourth-order valence-corrected chi connectivity index (χ4v) is 3.18. The highest BCUT2D eigenvalue weighted by Crippen LogP contribution is 2.24. The van der Waals surface area contributed by atoms with Crippen molar-refractivity contribution in [2.75, 3.05) is 11.9 Å². The first kappa shape index (κ1) is 16.2. The summed E-state index contributed by atoms with van der Waals surface area (Å²) < 4.78 is 5.50. The molecule has 0 unspecified atom stereocenters. The number of rotatable bonds is 5. The Labute approximate surface area is 151 Å². The van der Waals surface area contributed by atoms with Gasteiger partial charge in [0.25, 0.3) is 5.56 Å². The van der Waals surface area contributed by atoms with Crippen molar-refractivity contribution in [3.05, 3.63) is 82.6 Å². The molecule has 1 aromatic heterocycles. The zero-order valence-electron chi connectivity index (χ0n) is 14.6. The quantitative estimate of drug-likeness (QED) is 0.552. The lowest BCUT2D eigenvalue weighted by molar-refractivity contribution is 0.340. The average molecular weight is 344 g/mol. The van der Waals surface area contributed by atoms with E-state index in [-0.39, 0.29) is 5.56 Å². The molecule has 0 amide bonds. The molecule has 4 heteroatoms. The van der Waals surface area contributed by atoms with Crippen LogP contribution < -0.4 is 15.6 Å². The maximum absolute atomic E-state index is 12.5. The molecule has 4 aromatic rings. The SMILES string of the molecule is CCOc1ccc2cc(CNc3cccc4ccccc34)c(=O)[nH]c2c1. The van der Waals surface area contributed by atoms with Crippen LogP contribution in [0.1, 0.15) is 12.5 Å². The number of H-pyrrole nitrogens is 1. The molecule has 26 heavy (non-hydrogen) atoms. The molecule has 2 N–H and O–H groups in total. The minimum Gasteiger partial charge on any atom is -0.494 e. The van der Waals surface area contributed by atoms with E-state index >= 15 is 0 Å². The summed E-state index contributed by atoms with van der Waals surface area (Å²) in [4.78, 5) is 15.4. The van der Waals surface area contributed by atoms with Gasteiger partial charge in [-0.15, -0.1) is 0 Å². The Kier molecular flexibility index (Phi) is 4.32. The third kappa shape index (κ3) is 3.14. The number of nitrogens with one attached hydrogen (secondary N) is 2. The number of fused-ring (bicyclic) bond motifs is 2. The van der Waals surface area contributed by atoms with Gasteiger partial charge < -0.3 is 15.0 Å². The van der Waals surface area contributed by atoms with Crippen LogP contribution in [0.25, 0.3) is 21.7 Å². The summed E-state index contributed by atoms with van der Waals surface area (Å²) in [7, 11) is 0. The van der Waals surface area contributed by atoms with Crippen molar-refractivity contribution < 1.29 is 4.74 Å². The van der Waals surface area contributed by atoms with Crippen molar-refractivity contribution in [2.45, 2.75) is 13.5 Å². The summed E-state index contributed by atoms with van der Waals surface area (Å²) in [5, 5.41) is 6.71. The number of aromatic nitrogens is 1. The first-order valence-corrected chi connectivity index (χ1v) is 8.75. The predicted octanol–water partition coefficient (Wildman–Crippen LogP) is 4.69. The third-order valence-electron chi connectivity index (χ3n) is 4.46. The molecule has 1 heterocycles. The first-order chi connectivity index (χ1) is 12.7. The number of hydrogen-bond donors (Lipinski definition) is 2. The largest absolute Gasteiger partial charge is 0.494 e. The van der Waals surface area contributed by atoms with Gasteiger partial charge in [0.05, 0.1) is 12.1 Å². The molecule has 0 bridgehead atoms. The van der Waals surface area contributed by atoms with Crippen LogP contribution in [0.3, 0.4) is 0 Å². The topological polar surface area (TPSA) is 54.1 Å². The van der Waals surface area contributed by atoms with E-state index in [0.29, 0.717) is 18.7 Å². The molecular weight excluding hydrogens is 324 g/mol. The molecule has 0 atom stereocenters. The van der Waals surface area contributed by atoms with Crippen LogP contribution >= 0.6 is 0 Å². The van der Waals surface area contributed by atoms with Gasteiger partial charge in [-0.05, 0) is 42.0 Å². The van der Waals surface area contributed by atoms with E-state index < -0.39 is 0 Å². The summed E-state index contributed by atoms with van der Waals surface area (Å²) >= 11 is 0. The van der Waals surface area contributed by atoms with Gasteiger partial charge in [-0.25, -0.2) is 0 Å². The molecule has 0 radical (unpaired) electrons. The normalized spacial score (nSPS) is 11.0. The third-order valence-corrected chi connectivity index (χ3v) is 4.46. The van der Waals surface area contributed by atoms with Crippen LogP contribution in [0, 0.1) is 0 Å². The Balaban J connectivity index is 1.63. The van der Waals surface area contributed by atoms with Gasteiger partial charge in [0.15, 0.2) is 0 Å². The van der Waals surface area contributed by atoms with Crippen molar-refractivity contribution in [2.24, 2.45) is 0 Å². The van der Waals surface area contributed by atoms with Crippen LogP contribution in [-0.2, 0) is 6.54 Å². The number of aromatic amines is 1. The summed E-state index contributed by atoms with van der Waals surface area (Å²) in [5.74, 6) is 0.761. The molecule has 0 aliphatic rings. The van der Waals surface area contributed by atoms with Gasteiger partial charge in [0, 0.05) is 29.2 Å². The van der Waals surface area contributed by atoms with Crippen molar-refractivity contribution in [3.8, 4) is 5.75 Å². The van der Waals surface area contributed by atoms with Crippen molar-refractivity contribution in [3.63, 3.8) is 0 Å². The van der Waals surface area contributed by atoms with E-state index in [4.69, 9.17) is 4.74 Å². The smallest absolute Gasteiger partial charge is 0.253 e. The number of anilines is 1. The van der Waals surface area contributed by atoms with Gasteiger partial charge >= 0.3 is 0 Å². The van der Waals surface area contributed by atoms with Gasteiger partial charge in [0.2, 0.25) is 0 Å². The van der Waals surface area contributed by atoms with Crippen molar-refractivity contribution >= 4 is 27.4 Å². The summed E-state index contributed by atoms with van der Waals surface area (Å²) in [5.41, 5.74) is 2.43. The molecule has 0 spiro atoms. The number of benzene rings is 3. The van der Waals surface area contributed by atoms with Crippen molar-refractivity contribution in [1.82, 2.24) is 4.98 Å². The fourth-order valence-electron chi connectivity index (χ4n) is 3.18. The van der Waals surface area contributed by atoms with Crippen LogP contribution in [-0.4, -0.2) is 11.6 Å². The Morgan fingerprint density at radius 2 is 1.81 bits per heavy atom. The minimum absolute atomic E-state index is 0.0844. The maximum Gasteiger partial charge on any atom is 0.253 e. The van der Waals surface area contributed by atoms with E-state index in [2.05, 4.69) is 28.5 Å². The van der Waals surface area contributed by atoms with E-state index in [0.717, 1.165) is 27.7 Å². The molecule has 0 aliphatic carbocycles. The molecule has 0 aliphatic heterocycles. The van der Waals surface area contributed by atoms with Crippen molar-refractivity contribution in [1.29, 1.82) is 0 Å². The van der Waals surface area contributed by atoms with E-state index in [1.165, 1.54) is 5.39 Å². The second-order valence-electron chi connectivity index (χ2n) is 6.19. The molecular formula is C22H20N2O2. The lowest BCUT2D eigenvalue weighted by atomic mass is 10.1. The zero-order valence-corrected chi connectivity index (χ0v) is 14.6. The molecule has 0 fully saturated rings. The van der Waals surface area contributed by atoms with Crippen LogP contribution in [0.5, 0.6) is 5.75 Å². The van der Waals surface area contributed by atoms with E-state index in [1.54, 1.807) is 0 Å². The van der Waals surface area contributed by atoms with Crippen LogP contribution in [0.4, 0.5) is 5.69 Å². The highest BCUT2D eigenvalue weighted by atomic mass is 16.5. The number of pyridine rings is 1. The molecule has 4 rings (SSSR count). The standard InChI is InChI=1S/C22H20N2O2/c1-2-26-18-11-10-16-12-17(22(25)24-21(16)13-18)14-23-20-9-5-7-15-6-3-4-8-19(15)20/h3-13,23H,2,14H2,1H3,(H,24,25). The van der Waals surface area contributed by atoms with Crippen LogP contribution in [0.2, 0.25) is 0 Å². The Hall–Kier alpha value is -3.27. The zero-order chi connectivity index (χ0) is 17.9. The van der Waals surface area contributed by atoms with Gasteiger partial charge in [-0.3, -0.25) is 4.79 Å². The molecule has 3 aromatic carbocycles. The second kappa shape index (κ2) is 6.92. The maximum atomic E-state index is 12.5. The monoisotopic (exact) mass is 344 g/mol. The second-order valence-corrected chi connectivity index (χ2v) is 6.19. The minimum atomic E-state index is -0.0844. The first-order valence-electron chi connectivity index (χ1n) is 8.75. The number of hydrogen-bond acceptors (Lipinski definition) is 3. The van der Waals surface area contributed by atoms with Gasteiger partial charge in [-0.2, -0.15) is 0 Å². The molecule has 130 valence electrons. The lowest BCUT2D eigenvalue weighted by Gasteiger charge is -2.10. The summed E-state index contributed by atoms with van der Waals surface area (Å²) in [6.07, 6.45) is 0. The average Bonchev–Trinajstić information content (AvgIpc) is 2.66. The Morgan fingerprint density at radius 1 is 0.962 bits per heavy atom. The van der Waals surface area contributed by atoms with E-state index in [9.17, 15) is 4.79 Å². The highest BCUT2D eigenvalue weighted by Gasteiger charge is 2.06. The highest BCUT2D eigenvalue weighted by molar-refractivity contribution is 5.93. The van der Waals surface area contributed by atoms with Gasteiger partial charge in [-0.1, -0.05) is 36.4 Å². The molecule has 0 saturated carbocycles. The summed E-state index contributed by atoms with van der Waals surface area (Å²) in [6.45, 7) is 3.00. The predicted molar refractivity (Wildman–Crippen MR) is 107 cm³/mol. The Bertz CT molecular complexity index is 1130. The van der Waals surface area contributed by atoms with Crippen LogP contribution in [0.15, 0.2) is 71.5 Å². The Morgan fingerprint density at radius 3 is 2.69 bits per heavy atom. The summed E-state index contributed by atoms with van der Waals surface area (Å²) in [6, 6.07) is 22.0.